The number of pyridine rings is 3. The lowest BCUT2D eigenvalue weighted by Crippen LogP contribution is -2.50. The monoisotopic (exact) mass is 1390 g/mol. The zero-order valence-electron chi connectivity index (χ0n) is 59.8. The zero-order chi connectivity index (χ0) is 70.8. The van der Waals surface area contributed by atoms with E-state index in [0.717, 1.165) is 125 Å². The number of alkyl halides is 1. The maximum atomic E-state index is 13.7. The summed E-state index contributed by atoms with van der Waals surface area (Å²) in [6.07, 6.45) is 16.4. The van der Waals surface area contributed by atoms with Gasteiger partial charge in [0.15, 0.2) is 0 Å². The van der Waals surface area contributed by atoms with Crippen molar-refractivity contribution in [2.75, 3.05) is 72.6 Å². The van der Waals surface area contributed by atoms with E-state index in [1.165, 1.54) is 53.0 Å². The van der Waals surface area contributed by atoms with Gasteiger partial charge in [0, 0.05) is 118 Å². The predicted octanol–water partition coefficient (Wildman–Crippen LogP) is 16.8. The summed E-state index contributed by atoms with van der Waals surface area (Å²) in [7, 11) is 0. The van der Waals surface area contributed by atoms with Crippen LogP contribution in [0, 0.1) is 38.2 Å². The van der Waals surface area contributed by atoms with Gasteiger partial charge in [-0.05, 0) is 186 Å². The first-order chi connectivity index (χ1) is 47.2. The van der Waals surface area contributed by atoms with Crippen molar-refractivity contribution < 1.29 is 60.7 Å². The first-order valence-electron chi connectivity index (χ1n) is 35.4. The summed E-state index contributed by atoms with van der Waals surface area (Å²) in [4.78, 5) is 40.4. The molecule has 6 aliphatic rings. The molecule has 19 heteroatoms. The molecule has 0 saturated carbocycles. The normalized spacial score (nSPS) is 25.0. The van der Waals surface area contributed by atoms with Crippen molar-refractivity contribution in [1.29, 1.82) is 0 Å². The highest BCUT2D eigenvalue weighted by Crippen LogP contribution is 2.50. The molecule has 0 radical (unpaired) electrons. The largest absolute Gasteiger partial charge is 0.444 e. The average molecular weight is 1390 g/mol. The van der Waals surface area contributed by atoms with Gasteiger partial charge in [0.25, 0.3) is 0 Å². The topological polar surface area (TPSA) is 162 Å². The van der Waals surface area contributed by atoms with Crippen LogP contribution >= 0.6 is 11.6 Å². The van der Waals surface area contributed by atoms with Gasteiger partial charge in [-0.15, -0.1) is 11.6 Å². The third kappa shape index (κ3) is 22.2. The molecule has 538 valence electrons. The molecular formula is C80H105ClF3N5O10. The van der Waals surface area contributed by atoms with Gasteiger partial charge in [0.2, 0.25) is 0 Å². The lowest BCUT2D eigenvalue weighted by atomic mass is 9.67. The van der Waals surface area contributed by atoms with Crippen molar-refractivity contribution in [2.24, 2.45) is 0 Å². The number of carbonyl (C=O) groups excluding carboxylic acids is 2. The van der Waals surface area contributed by atoms with E-state index in [2.05, 4.69) is 76.6 Å². The molecule has 3 aromatic heterocycles. The van der Waals surface area contributed by atoms with Crippen LogP contribution in [-0.2, 0) is 73.0 Å². The minimum atomic E-state index is -0.595. The third-order valence-electron chi connectivity index (χ3n) is 19.9. The van der Waals surface area contributed by atoms with Gasteiger partial charge in [-0.1, -0.05) is 95.9 Å². The van der Waals surface area contributed by atoms with Crippen molar-refractivity contribution in [3.63, 3.8) is 0 Å². The minimum absolute atomic E-state index is 0.0494. The molecule has 6 atom stereocenters. The van der Waals surface area contributed by atoms with Crippen LogP contribution in [0.1, 0.15) is 182 Å². The number of ether oxygens (including phenoxy) is 8. The number of carbonyl (C=O) groups is 2. The number of alkyl carbamates (subject to hydrolysis) is 1. The number of hydrogen-bond donors (Lipinski definition) is 1. The number of halogens is 4. The highest BCUT2D eigenvalue weighted by atomic mass is 35.5. The maximum absolute atomic E-state index is 13.7. The number of aromatic nitrogens is 3. The Hall–Kier alpha value is -6.51. The van der Waals surface area contributed by atoms with Crippen LogP contribution in [0.3, 0.4) is 0 Å². The molecule has 6 aliphatic heterocycles. The molecule has 3 spiro atoms. The van der Waals surface area contributed by atoms with E-state index >= 15 is 0 Å². The van der Waals surface area contributed by atoms with Gasteiger partial charge >= 0.3 is 12.2 Å². The lowest BCUT2D eigenvalue weighted by molar-refractivity contribution is -0.110. The quantitative estimate of drug-likeness (QED) is 0.0679. The van der Waals surface area contributed by atoms with E-state index in [-0.39, 0.29) is 56.6 Å². The SMILES string of the molecule is CC(C)(C)OC(=O)NCC[C@@]1(c2ccc(F)cn2)CCO[C@]2(CCOC2)C1.Cc1cccc(CCCC[C@@]2(c3ccc(F)cn3)CCO[C@]3(CCOC3)C2)c1.Cc1cccc(CCl)c1.Cc1cccc(CN(CC[C@@]2(c3ccc(F)cn3)CCO[C@]3(CCOC3)C2)C(=O)OC(C)(C)C)c1. The summed E-state index contributed by atoms with van der Waals surface area (Å²) in [6.45, 7) is 24.6. The van der Waals surface area contributed by atoms with Crippen LogP contribution < -0.4 is 5.32 Å². The Morgan fingerprint density at radius 3 is 1.32 bits per heavy atom. The number of hydrogen-bond acceptors (Lipinski definition) is 13. The van der Waals surface area contributed by atoms with Crippen molar-refractivity contribution in [1.82, 2.24) is 25.2 Å². The van der Waals surface area contributed by atoms with Crippen LogP contribution in [0.5, 0.6) is 0 Å². The second-order valence-corrected chi connectivity index (χ2v) is 30.6. The molecule has 6 saturated heterocycles. The average Bonchev–Trinajstić information content (AvgIpc) is 1.76. The Morgan fingerprint density at radius 2 is 0.929 bits per heavy atom. The summed E-state index contributed by atoms with van der Waals surface area (Å²) in [5.41, 5.74) is 7.37. The van der Waals surface area contributed by atoms with Crippen molar-refractivity contribution >= 4 is 23.8 Å². The Bertz CT molecular complexity index is 3520. The highest BCUT2D eigenvalue weighted by Gasteiger charge is 2.52. The molecule has 1 N–H and O–H groups in total. The summed E-state index contributed by atoms with van der Waals surface area (Å²) < 4.78 is 87.2. The van der Waals surface area contributed by atoms with E-state index in [0.29, 0.717) is 84.6 Å². The molecule has 3 aromatic carbocycles. The molecule has 2 amide bonds. The number of nitrogens with zero attached hydrogens (tertiary/aromatic N) is 4. The zero-order valence-corrected chi connectivity index (χ0v) is 60.6. The first-order valence-corrected chi connectivity index (χ1v) is 35.9. The molecule has 6 aromatic rings. The van der Waals surface area contributed by atoms with Gasteiger partial charge in [0.1, 0.15) is 28.7 Å². The molecular weight excluding hydrogens is 1280 g/mol. The van der Waals surface area contributed by atoms with Gasteiger partial charge in [-0.2, -0.15) is 0 Å². The fourth-order valence-corrected chi connectivity index (χ4v) is 15.2. The predicted molar refractivity (Wildman–Crippen MR) is 378 cm³/mol. The molecule has 15 nitrogen and oxygen atoms in total. The Labute approximate surface area is 590 Å². The van der Waals surface area contributed by atoms with E-state index in [4.69, 9.17) is 49.5 Å². The Morgan fingerprint density at radius 1 is 0.515 bits per heavy atom. The highest BCUT2D eigenvalue weighted by molar-refractivity contribution is 6.17. The van der Waals surface area contributed by atoms with Gasteiger partial charge in [-0.25, -0.2) is 22.8 Å². The fourth-order valence-electron chi connectivity index (χ4n) is 15.0. The molecule has 0 unspecified atom stereocenters. The van der Waals surface area contributed by atoms with Gasteiger partial charge in [-0.3, -0.25) is 15.0 Å². The Balaban J connectivity index is 0.000000164. The summed E-state index contributed by atoms with van der Waals surface area (Å²) in [6, 6.07) is 35.0. The third-order valence-corrected chi connectivity index (χ3v) is 20.2. The molecule has 0 aliphatic carbocycles. The van der Waals surface area contributed by atoms with E-state index in [1.807, 2.05) is 84.9 Å². The standard InChI is InChI=1S/C28H37FN2O4.C24H30FNO2.C20H29FN2O4.C8H9Cl/c1-21-6-5-7-22(16-21)18-31(25(32)35-26(2,3)4)13-10-27(24-9-8-23(29)17-30-24)11-15-34-28(19-27)12-14-33-20-28;1-19-5-4-7-20(15-19)6-2-3-10-23(22-9-8-21(25)16-26-22)11-14-28-24(17-23)12-13-27-18-24;1-18(2,3)27-17(24)22-9-6-19(16-5-4-15(21)12-23-16)7-11-26-20(13-19)8-10-25-14-20;1-7-3-2-4-8(5-7)6-9/h5-9,16-17H,10-15,18-20H2,1-4H3;4-5,7-9,15-16H,2-3,6,10-14,17-18H2,1H3;4-5,12H,6-11,13-14H2,1-3H3,(H,22,24);2-5H,6H2,1H3/t27-,28-;23-,24-;19-,20-;/m111./s1. The number of amides is 2. The maximum Gasteiger partial charge on any atom is 0.410 e. The van der Waals surface area contributed by atoms with Gasteiger partial charge < -0.3 is 48.1 Å². The Kier molecular flexibility index (Phi) is 26.7. The summed E-state index contributed by atoms with van der Waals surface area (Å²) in [5, 5.41) is 2.84. The van der Waals surface area contributed by atoms with E-state index in [9.17, 15) is 22.8 Å². The van der Waals surface area contributed by atoms with Crippen LogP contribution in [0.25, 0.3) is 0 Å². The summed E-state index contributed by atoms with van der Waals surface area (Å²) >= 11 is 5.60. The van der Waals surface area contributed by atoms with Crippen molar-refractivity contribution in [2.45, 2.75) is 215 Å². The molecule has 9 heterocycles. The number of unbranched alkanes of at least 4 members (excludes halogenated alkanes) is 1. The van der Waals surface area contributed by atoms with Crippen LogP contribution in [0.15, 0.2) is 128 Å². The number of aryl methyl sites for hydroxylation is 4. The first kappa shape index (κ1) is 76.7. The lowest BCUT2D eigenvalue weighted by Gasteiger charge is -2.46. The van der Waals surface area contributed by atoms with E-state index in [1.54, 1.807) is 23.1 Å². The second kappa shape index (κ2) is 34.4. The van der Waals surface area contributed by atoms with Crippen LogP contribution in [0.4, 0.5) is 22.8 Å². The van der Waals surface area contributed by atoms with Crippen LogP contribution in [0.2, 0.25) is 0 Å². The van der Waals surface area contributed by atoms with Crippen molar-refractivity contribution in [3.05, 3.63) is 196 Å². The molecule has 99 heavy (non-hydrogen) atoms. The molecule has 6 fully saturated rings. The van der Waals surface area contributed by atoms with Crippen LogP contribution in [-0.4, -0.2) is 133 Å². The minimum Gasteiger partial charge on any atom is -0.444 e. The number of benzene rings is 3. The second-order valence-electron chi connectivity index (χ2n) is 30.3. The van der Waals surface area contributed by atoms with Gasteiger partial charge in [0.05, 0.1) is 55.2 Å². The number of nitrogens with one attached hydrogen (secondary N) is 1. The number of rotatable bonds is 17. The van der Waals surface area contributed by atoms with Crippen molar-refractivity contribution in [3.8, 4) is 0 Å². The van der Waals surface area contributed by atoms with E-state index < -0.39 is 17.3 Å². The smallest absolute Gasteiger partial charge is 0.410 e. The fraction of sp³-hybridized carbons (Fsp3) is 0.562. The summed E-state index contributed by atoms with van der Waals surface area (Å²) in [5.74, 6) is -0.373. The molecule has 12 rings (SSSR count). The molecule has 0 bridgehead atoms.